The first-order valence-electron chi connectivity index (χ1n) is 11.6. The summed E-state index contributed by atoms with van der Waals surface area (Å²) in [5.74, 6) is 3.29. The maximum Gasteiger partial charge on any atom is 0.161 e. The molecule has 1 aliphatic heterocycles. The van der Waals surface area contributed by atoms with E-state index in [1.165, 1.54) is 37.9 Å². The van der Waals surface area contributed by atoms with Crippen molar-refractivity contribution in [2.45, 2.75) is 32.7 Å². The van der Waals surface area contributed by atoms with Gasteiger partial charge < -0.3 is 9.47 Å². The summed E-state index contributed by atoms with van der Waals surface area (Å²) in [7, 11) is 3.28. The van der Waals surface area contributed by atoms with E-state index < -0.39 is 0 Å². The van der Waals surface area contributed by atoms with Gasteiger partial charge in [0.25, 0.3) is 0 Å². The van der Waals surface area contributed by atoms with Crippen LogP contribution in [0.25, 0.3) is 5.57 Å². The fraction of sp³-hybridized carbons (Fsp3) is 0.393. The summed E-state index contributed by atoms with van der Waals surface area (Å²) in [6, 6.07) is 16.7. The number of likely N-dealkylation sites (tertiary alicyclic amines) is 1. The highest BCUT2D eigenvalue weighted by Gasteiger charge is 2.19. The second-order valence-electron chi connectivity index (χ2n) is 8.37. The summed E-state index contributed by atoms with van der Waals surface area (Å²) in [6.07, 6.45) is 7.58. The molecule has 2 aromatic rings. The zero-order valence-corrected chi connectivity index (χ0v) is 20.9. The first-order chi connectivity index (χ1) is 16.1. The van der Waals surface area contributed by atoms with E-state index in [-0.39, 0.29) is 0 Å². The van der Waals surface area contributed by atoms with E-state index in [4.69, 9.17) is 9.47 Å². The Hall–Kier alpha value is -2.50. The summed E-state index contributed by atoms with van der Waals surface area (Å²) < 4.78 is 10.7. The number of thioether (sulfide) groups is 1. The number of hydrogen-bond acceptors (Lipinski definition) is 5. The summed E-state index contributed by atoms with van der Waals surface area (Å²) in [5.41, 5.74) is 3.37. The fourth-order valence-electron chi connectivity index (χ4n) is 4.20. The van der Waals surface area contributed by atoms with Gasteiger partial charge in [0.1, 0.15) is 0 Å². The maximum atomic E-state index is 5.42. The number of rotatable bonds is 10. The van der Waals surface area contributed by atoms with Gasteiger partial charge in [0.2, 0.25) is 0 Å². The van der Waals surface area contributed by atoms with Gasteiger partial charge in [0.15, 0.2) is 11.5 Å². The molecule has 0 saturated carbocycles. The van der Waals surface area contributed by atoms with Crippen molar-refractivity contribution < 1.29 is 9.47 Å². The number of benzene rings is 2. The van der Waals surface area contributed by atoms with Crippen LogP contribution in [0.5, 0.6) is 11.5 Å². The normalized spacial score (nSPS) is 17.6. The fourth-order valence-corrected chi connectivity index (χ4v) is 5.08. The van der Waals surface area contributed by atoms with Gasteiger partial charge in [0, 0.05) is 19.3 Å². The average molecular weight is 465 g/mol. The quantitative estimate of drug-likeness (QED) is 0.223. The van der Waals surface area contributed by atoms with Crippen molar-refractivity contribution in [3.05, 3.63) is 78.5 Å². The van der Waals surface area contributed by atoms with E-state index in [1.54, 1.807) is 14.2 Å². The summed E-state index contributed by atoms with van der Waals surface area (Å²) in [5, 5.41) is 1.08. The van der Waals surface area contributed by atoms with Crippen LogP contribution in [0.3, 0.4) is 0 Å². The number of methoxy groups -OCH3 is 2. The van der Waals surface area contributed by atoms with Crippen LogP contribution in [0.2, 0.25) is 0 Å². The molecular formula is C28H36N2O2S. The first kappa shape index (κ1) is 25.1. The largest absolute Gasteiger partial charge is 0.493 e. The second kappa shape index (κ2) is 13.3. The minimum atomic E-state index is 0.701. The molecule has 0 N–H and O–H groups in total. The van der Waals surface area contributed by atoms with Crippen LogP contribution in [0.4, 0.5) is 0 Å². The van der Waals surface area contributed by atoms with E-state index in [0.29, 0.717) is 11.5 Å². The molecule has 0 radical (unpaired) electrons. The minimum absolute atomic E-state index is 0.701. The van der Waals surface area contributed by atoms with Crippen molar-refractivity contribution in [3.63, 3.8) is 0 Å². The van der Waals surface area contributed by atoms with Crippen LogP contribution in [-0.4, -0.2) is 43.0 Å². The lowest BCUT2D eigenvalue weighted by Crippen LogP contribution is -2.35. The molecule has 1 unspecified atom stereocenters. The van der Waals surface area contributed by atoms with Crippen molar-refractivity contribution in [2.75, 3.05) is 33.1 Å². The highest BCUT2D eigenvalue weighted by Crippen LogP contribution is 2.31. The van der Waals surface area contributed by atoms with Gasteiger partial charge in [-0.1, -0.05) is 49.1 Å². The van der Waals surface area contributed by atoms with Crippen LogP contribution in [0, 0.1) is 5.92 Å². The molecule has 2 aromatic carbocycles. The maximum absolute atomic E-state index is 5.42. The lowest BCUT2D eigenvalue weighted by Gasteiger charge is -2.32. The van der Waals surface area contributed by atoms with Crippen LogP contribution in [0.1, 0.15) is 37.3 Å². The number of allylic oxidation sites excluding steroid dienone is 2. The van der Waals surface area contributed by atoms with Gasteiger partial charge in [-0.05, 0) is 73.2 Å². The molecule has 1 aliphatic rings. The standard InChI is InChI=1S/C28H36N2O2S/c1-5-25(26-13-14-27(31-3)28(18-26)32-4)19-29-22(2)33-17-15-24-12-9-16-30(21-24)20-23-10-7-6-8-11-23/h5-8,10-11,13-14,18-19,24H,1,9,12,15-17,20-21H2,2-4H3/b25-19+,29-22?. The third-order valence-corrected chi connectivity index (χ3v) is 6.97. The molecule has 1 atom stereocenters. The smallest absolute Gasteiger partial charge is 0.161 e. The van der Waals surface area contributed by atoms with Gasteiger partial charge in [-0.25, -0.2) is 0 Å². The molecular weight excluding hydrogens is 428 g/mol. The number of ether oxygens (including phenoxy) is 2. The van der Waals surface area contributed by atoms with E-state index in [1.807, 2.05) is 42.2 Å². The predicted octanol–water partition coefficient (Wildman–Crippen LogP) is 6.68. The van der Waals surface area contributed by atoms with E-state index in [0.717, 1.165) is 34.4 Å². The number of nitrogens with zero attached hydrogens (tertiary/aromatic N) is 2. The van der Waals surface area contributed by atoms with Crippen molar-refractivity contribution in [3.8, 4) is 11.5 Å². The predicted molar refractivity (Wildman–Crippen MR) is 142 cm³/mol. The Morgan fingerprint density at radius 3 is 2.67 bits per heavy atom. The number of piperidine rings is 1. The van der Waals surface area contributed by atoms with Crippen LogP contribution >= 0.6 is 11.8 Å². The van der Waals surface area contributed by atoms with Crippen molar-refractivity contribution in [1.82, 2.24) is 4.90 Å². The molecule has 33 heavy (non-hydrogen) atoms. The molecule has 5 heteroatoms. The zero-order valence-electron chi connectivity index (χ0n) is 20.1. The molecule has 1 saturated heterocycles. The van der Waals surface area contributed by atoms with Gasteiger partial charge in [-0.3, -0.25) is 9.89 Å². The lowest BCUT2D eigenvalue weighted by molar-refractivity contribution is 0.165. The van der Waals surface area contributed by atoms with Crippen molar-refractivity contribution in [1.29, 1.82) is 0 Å². The SMILES string of the molecule is C=C/C(=C\N=C(C)SCCC1CCCN(Cc2ccccc2)C1)c1ccc(OC)c(OC)c1. The zero-order chi connectivity index (χ0) is 23.5. The Balaban J connectivity index is 1.50. The van der Waals surface area contributed by atoms with Gasteiger partial charge in [-0.2, -0.15) is 0 Å². The Morgan fingerprint density at radius 1 is 1.15 bits per heavy atom. The molecule has 0 aliphatic carbocycles. The van der Waals surface area contributed by atoms with Gasteiger partial charge in [-0.15, -0.1) is 11.8 Å². The van der Waals surface area contributed by atoms with E-state index >= 15 is 0 Å². The molecule has 0 aromatic heterocycles. The van der Waals surface area contributed by atoms with E-state index in [9.17, 15) is 0 Å². The van der Waals surface area contributed by atoms with Gasteiger partial charge >= 0.3 is 0 Å². The van der Waals surface area contributed by atoms with Crippen LogP contribution in [-0.2, 0) is 6.54 Å². The number of hydrogen-bond donors (Lipinski definition) is 0. The molecule has 1 fully saturated rings. The monoisotopic (exact) mass is 464 g/mol. The molecule has 0 spiro atoms. The van der Waals surface area contributed by atoms with Crippen molar-refractivity contribution in [2.24, 2.45) is 10.9 Å². The second-order valence-corrected chi connectivity index (χ2v) is 9.66. The highest BCUT2D eigenvalue weighted by molar-refractivity contribution is 8.13. The minimum Gasteiger partial charge on any atom is -0.493 e. The Morgan fingerprint density at radius 2 is 1.94 bits per heavy atom. The molecule has 0 bridgehead atoms. The molecule has 1 heterocycles. The third kappa shape index (κ3) is 7.79. The summed E-state index contributed by atoms with van der Waals surface area (Å²) in [6.45, 7) is 9.51. The van der Waals surface area contributed by atoms with Gasteiger partial charge in [0.05, 0.1) is 19.3 Å². The highest BCUT2D eigenvalue weighted by atomic mass is 32.2. The Kier molecular flexibility index (Phi) is 10.1. The van der Waals surface area contributed by atoms with Crippen LogP contribution < -0.4 is 9.47 Å². The lowest BCUT2D eigenvalue weighted by atomic mass is 9.95. The topological polar surface area (TPSA) is 34.1 Å². The molecule has 0 amide bonds. The Bertz CT molecular complexity index is 956. The van der Waals surface area contributed by atoms with Crippen molar-refractivity contribution >= 4 is 22.4 Å². The number of aliphatic imine (C=N–C) groups is 1. The molecule has 3 rings (SSSR count). The third-order valence-electron chi connectivity index (χ3n) is 6.01. The molecule has 176 valence electrons. The summed E-state index contributed by atoms with van der Waals surface area (Å²) >= 11 is 1.84. The van der Waals surface area contributed by atoms with E-state index in [2.05, 4.69) is 53.7 Å². The van der Waals surface area contributed by atoms with Crippen LogP contribution in [0.15, 0.2) is 72.4 Å². The first-order valence-corrected chi connectivity index (χ1v) is 12.6. The Labute approximate surface area is 203 Å². The molecule has 4 nitrogen and oxygen atoms in total. The summed E-state index contributed by atoms with van der Waals surface area (Å²) in [4.78, 5) is 7.30. The average Bonchev–Trinajstić information content (AvgIpc) is 2.85.